The molecule has 7 heteroatoms. The Hall–Kier alpha value is -0.370. The van der Waals surface area contributed by atoms with Gasteiger partial charge in [0, 0.05) is 12.6 Å². The normalized spacial score (nSPS) is 16.8. The van der Waals surface area contributed by atoms with Gasteiger partial charge in [-0.3, -0.25) is 0 Å². The summed E-state index contributed by atoms with van der Waals surface area (Å²) in [6, 6.07) is 1.55. The van der Waals surface area contributed by atoms with Crippen LogP contribution in [0.15, 0.2) is 20.0 Å². The Morgan fingerprint density at radius 2 is 2.22 bits per heavy atom. The van der Waals surface area contributed by atoms with Gasteiger partial charge in [-0.25, -0.2) is 13.1 Å². The van der Waals surface area contributed by atoms with Crippen LogP contribution >= 0.6 is 15.9 Å². The third kappa shape index (κ3) is 3.14. The molecule has 1 heterocycles. The van der Waals surface area contributed by atoms with Gasteiger partial charge in [-0.2, -0.15) is 0 Å². The van der Waals surface area contributed by atoms with Crippen LogP contribution in [0.5, 0.6) is 0 Å². The van der Waals surface area contributed by atoms with Crippen LogP contribution in [0.2, 0.25) is 0 Å². The van der Waals surface area contributed by atoms with Crippen molar-refractivity contribution < 1.29 is 12.8 Å². The first-order valence-corrected chi connectivity index (χ1v) is 8.23. The van der Waals surface area contributed by atoms with Crippen molar-refractivity contribution in [3.8, 4) is 0 Å². The van der Waals surface area contributed by atoms with E-state index in [4.69, 9.17) is 4.42 Å². The molecule has 1 fully saturated rings. The number of nitrogens with one attached hydrogen (secondary N) is 2. The van der Waals surface area contributed by atoms with E-state index in [1.807, 2.05) is 0 Å². The number of sulfonamides is 1. The van der Waals surface area contributed by atoms with Crippen LogP contribution in [0.25, 0.3) is 0 Å². The fourth-order valence-electron chi connectivity index (χ4n) is 1.84. The molecule has 5 nitrogen and oxygen atoms in total. The average Bonchev–Trinajstić information content (AvgIpc) is 2.58. The lowest BCUT2D eigenvalue weighted by atomic mass is 9.86. The van der Waals surface area contributed by atoms with Gasteiger partial charge in [-0.1, -0.05) is 6.42 Å². The van der Waals surface area contributed by atoms with E-state index >= 15 is 0 Å². The molecule has 1 aliphatic carbocycles. The number of hydrogen-bond donors (Lipinski definition) is 2. The summed E-state index contributed by atoms with van der Waals surface area (Å²) < 4.78 is 32.4. The second-order valence-electron chi connectivity index (χ2n) is 4.53. The zero-order valence-electron chi connectivity index (χ0n) is 10.2. The second-order valence-corrected chi connectivity index (χ2v) is 6.99. The van der Waals surface area contributed by atoms with Crippen LogP contribution in [-0.2, 0) is 16.6 Å². The molecule has 0 atom stereocenters. The van der Waals surface area contributed by atoms with Crippen molar-refractivity contribution in [3.05, 3.63) is 16.5 Å². The lowest BCUT2D eigenvalue weighted by Crippen LogP contribution is -2.32. The minimum atomic E-state index is -3.48. The summed E-state index contributed by atoms with van der Waals surface area (Å²) in [5, 5.41) is 2.91. The Labute approximate surface area is 116 Å². The van der Waals surface area contributed by atoms with Crippen molar-refractivity contribution in [1.82, 2.24) is 10.0 Å². The van der Waals surface area contributed by atoms with Gasteiger partial charge in [0.05, 0.1) is 6.54 Å². The third-order valence-electron chi connectivity index (χ3n) is 3.13. The zero-order valence-corrected chi connectivity index (χ0v) is 12.6. The number of hydrogen-bond acceptors (Lipinski definition) is 4. The zero-order chi connectivity index (χ0) is 13.2. The van der Waals surface area contributed by atoms with E-state index in [-0.39, 0.29) is 9.56 Å². The summed E-state index contributed by atoms with van der Waals surface area (Å²) in [4.78, 5) is 0.173. The van der Waals surface area contributed by atoms with Crippen LogP contribution in [-0.4, -0.2) is 22.0 Å². The van der Waals surface area contributed by atoms with E-state index in [9.17, 15) is 8.42 Å². The lowest BCUT2D eigenvalue weighted by Gasteiger charge is -2.25. The maximum atomic E-state index is 12.1. The van der Waals surface area contributed by atoms with Gasteiger partial charge in [-0.05, 0) is 41.7 Å². The molecule has 0 radical (unpaired) electrons. The largest absolute Gasteiger partial charge is 0.452 e. The fourth-order valence-corrected chi connectivity index (χ4v) is 3.96. The van der Waals surface area contributed by atoms with Gasteiger partial charge in [0.1, 0.15) is 10.7 Å². The molecule has 1 aromatic rings. The molecule has 1 saturated carbocycles. The standard InChI is InChI=1S/C11H17BrN2O3S/c1-13-7-9-5-10(11(12)17-9)18(15,16)14-6-8-3-2-4-8/h5,8,13-14H,2-4,6-7H2,1H3. The predicted octanol–water partition coefficient (Wildman–Crippen LogP) is 1.84. The Kier molecular flexibility index (Phi) is 4.47. The van der Waals surface area contributed by atoms with E-state index in [0.29, 0.717) is 24.8 Å². The molecular weight excluding hydrogens is 320 g/mol. The quantitative estimate of drug-likeness (QED) is 0.831. The first kappa shape index (κ1) is 14.0. The summed E-state index contributed by atoms with van der Waals surface area (Å²) in [5.41, 5.74) is 0. The summed E-state index contributed by atoms with van der Waals surface area (Å²) in [6.07, 6.45) is 3.42. The van der Waals surface area contributed by atoms with Gasteiger partial charge in [0.25, 0.3) is 0 Å². The number of halogens is 1. The van der Waals surface area contributed by atoms with Crippen molar-refractivity contribution in [1.29, 1.82) is 0 Å². The van der Waals surface area contributed by atoms with Gasteiger partial charge >= 0.3 is 0 Å². The second kappa shape index (κ2) is 5.73. The molecule has 0 unspecified atom stereocenters. The van der Waals surface area contributed by atoms with E-state index < -0.39 is 10.0 Å². The molecule has 2 N–H and O–H groups in total. The van der Waals surface area contributed by atoms with E-state index in [0.717, 1.165) is 12.8 Å². The van der Waals surface area contributed by atoms with E-state index in [1.54, 1.807) is 13.1 Å². The molecule has 0 amide bonds. The average molecular weight is 337 g/mol. The van der Waals surface area contributed by atoms with Gasteiger partial charge < -0.3 is 9.73 Å². The van der Waals surface area contributed by atoms with Crippen molar-refractivity contribution >= 4 is 26.0 Å². The van der Waals surface area contributed by atoms with Crippen LogP contribution in [0.3, 0.4) is 0 Å². The summed E-state index contributed by atoms with van der Waals surface area (Å²) >= 11 is 3.15. The molecule has 0 aromatic carbocycles. The first-order valence-electron chi connectivity index (χ1n) is 5.95. The molecule has 0 bridgehead atoms. The van der Waals surface area contributed by atoms with Crippen molar-refractivity contribution in [2.24, 2.45) is 5.92 Å². The molecule has 102 valence electrons. The molecule has 18 heavy (non-hydrogen) atoms. The Bertz CT molecular complexity index is 508. The van der Waals surface area contributed by atoms with Crippen molar-refractivity contribution in [2.75, 3.05) is 13.6 Å². The van der Waals surface area contributed by atoms with Crippen LogP contribution in [0.1, 0.15) is 25.0 Å². The summed E-state index contributed by atoms with van der Waals surface area (Å²) in [6.45, 7) is 1.01. The summed E-state index contributed by atoms with van der Waals surface area (Å²) in [7, 11) is -1.70. The highest BCUT2D eigenvalue weighted by Gasteiger charge is 2.25. The molecule has 0 saturated heterocycles. The van der Waals surface area contributed by atoms with Crippen LogP contribution < -0.4 is 10.0 Å². The highest BCUT2D eigenvalue weighted by Crippen LogP contribution is 2.28. The molecule has 1 aliphatic rings. The highest BCUT2D eigenvalue weighted by molar-refractivity contribution is 9.10. The van der Waals surface area contributed by atoms with Crippen molar-refractivity contribution in [3.63, 3.8) is 0 Å². The molecule has 2 rings (SSSR count). The topological polar surface area (TPSA) is 71.3 Å². The monoisotopic (exact) mass is 336 g/mol. The van der Waals surface area contributed by atoms with Gasteiger partial charge in [-0.15, -0.1) is 0 Å². The minimum absolute atomic E-state index is 0.173. The number of rotatable bonds is 6. The Morgan fingerprint density at radius 1 is 1.50 bits per heavy atom. The highest BCUT2D eigenvalue weighted by atomic mass is 79.9. The molecule has 0 aliphatic heterocycles. The maximum Gasteiger partial charge on any atom is 0.244 e. The SMILES string of the molecule is CNCc1cc(S(=O)(=O)NCC2CCC2)c(Br)o1. The fraction of sp³-hybridized carbons (Fsp3) is 0.636. The Balaban J connectivity index is 2.07. The predicted molar refractivity (Wildman–Crippen MR) is 71.7 cm³/mol. The Morgan fingerprint density at radius 3 is 2.78 bits per heavy atom. The summed E-state index contributed by atoms with van der Waals surface area (Å²) in [5.74, 6) is 1.08. The molecule has 0 spiro atoms. The lowest BCUT2D eigenvalue weighted by molar-refractivity contribution is 0.316. The molecular formula is C11H17BrN2O3S. The van der Waals surface area contributed by atoms with Crippen molar-refractivity contribution in [2.45, 2.75) is 30.7 Å². The van der Waals surface area contributed by atoms with Gasteiger partial charge in [0.2, 0.25) is 10.0 Å². The van der Waals surface area contributed by atoms with E-state index in [1.165, 1.54) is 6.42 Å². The smallest absolute Gasteiger partial charge is 0.244 e. The van der Waals surface area contributed by atoms with Gasteiger partial charge in [0.15, 0.2) is 4.67 Å². The number of furan rings is 1. The molecule has 1 aromatic heterocycles. The van der Waals surface area contributed by atoms with Crippen LogP contribution in [0, 0.1) is 5.92 Å². The first-order chi connectivity index (χ1) is 8.53. The third-order valence-corrected chi connectivity index (χ3v) is 5.41. The maximum absolute atomic E-state index is 12.1. The van der Waals surface area contributed by atoms with Crippen LogP contribution in [0.4, 0.5) is 0 Å². The minimum Gasteiger partial charge on any atom is -0.452 e. The van der Waals surface area contributed by atoms with E-state index in [2.05, 4.69) is 26.0 Å².